The second kappa shape index (κ2) is 5.30. The van der Waals surface area contributed by atoms with Gasteiger partial charge in [0.1, 0.15) is 6.54 Å². The zero-order valence-electron chi connectivity index (χ0n) is 12.7. The standard InChI is InChI=1S/C15H13N7O2/c1-20-8-10(6-18-20)19-14(23)9-21-5-3-12-11(15(21)24)7-16-13-2-4-17-22(12)13/h2-8H,9H2,1H3,(H,19,23). The number of hydrogen-bond acceptors (Lipinski definition) is 5. The molecule has 24 heavy (non-hydrogen) atoms. The highest BCUT2D eigenvalue weighted by molar-refractivity contribution is 5.90. The fourth-order valence-corrected chi connectivity index (χ4v) is 2.56. The van der Waals surface area contributed by atoms with Crippen LogP contribution in [0.5, 0.6) is 0 Å². The predicted molar refractivity (Wildman–Crippen MR) is 86.6 cm³/mol. The number of fused-ring (bicyclic) bond motifs is 3. The van der Waals surface area contributed by atoms with Gasteiger partial charge in [-0.15, -0.1) is 0 Å². The molecule has 0 atom stereocenters. The van der Waals surface area contributed by atoms with Crippen LogP contribution in [0.4, 0.5) is 5.69 Å². The zero-order valence-corrected chi connectivity index (χ0v) is 12.7. The van der Waals surface area contributed by atoms with Gasteiger partial charge < -0.3 is 9.88 Å². The summed E-state index contributed by atoms with van der Waals surface area (Å²) >= 11 is 0. The van der Waals surface area contributed by atoms with E-state index in [0.29, 0.717) is 22.2 Å². The van der Waals surface area contributed by atoms with E-state index >= 15 is 0 Å². The smallest absolute Gasteiger partial charge is 0.262 e. The van der Waals surface area contributed by atoms with Crippen LogP contribution in [0.3, 0.4) is 0 Å². The van der Waals surface area contributed by atoms with E-state index < -0.39 is 0 Å². The van der Waals surface area contributed by atoms with Crippen LogP contribution in [0.15, 0.2) is 47.9 Å². The molecule has 0 unspecified atom stereocenters. The van der Waals surface area contributed by atoms with Gasteiger partial charge in [0.25, 0.3) is 5.56 Å². The number of rotatable bonds is 3. The first-order chi connectivity index (χ1) is 11.6. The minimum absolute atomic E-state index is 0.0964. The average molecular weight is 323 g/mol. The Kier molecular flexibility index (Phi) is 3.12. The van der Waals surface area contributed by atoms with Gasteiger partial charge in [0.2, 0.25) is 5.91 Å². The van der Waals surface area contributed by atoms with Crippen LogP contribution < -0.4 is 10.9 Å². The summed E-state index contributed by atoms with van der Waals surface area (Å²) in [6.45, 7) is -0.0964. The number of nitrogens with one attached hydrogen (secondary N) is 1. The molecule has 4 aromatic heterocycles. The van der Waals surface area contributed by atoms with Crippen LogP contribution >= 0.6 is 0 Å². The van der Waals surface area contributed by atoms with E-state index in [2.05, 4.69) is 20.5 Å². The zero-order chi connectivity index (χ0) is 16.7. The molecule has 0 radical (unpaired) electrons. The Morgan fingerprint density at radius 1 is 1.25 bits per heavy atom. The first kappa shape index (κ1) is 14.1. The minimum Gasteiger partial charge on any atom is -0.322 e. The van der Waals surface area contributed by atoms with Crippen LogP contribution in [0, 0.1) is 0 Å². The summed E-state index contributed by atoms with van der Waals surface area (Å²) in [5, 5.41) is 11.2. The van der Waals surface area contributed by atoms with E-state index in [1.165, 1.54) is 10.8 Å². The SMILES string of the molecule is Cn1cc(NC(=O)Cn2ccc3c(cnc4ccnn43)c2=O)cn1. The number of aromatic nitrogens is 6. The number of pyridine rings is 1. The molecule has 0 saturated carbocycles. The van der Waals surface area contributed by atoms with Crippen LogP contribution in [0.25, 0.3) is 16.6 Å². The number of hydrogen-bond donors (Lipinski definition) is 1. The molecular weight excluding hydrogens is 310 g/mol. The lowest BCUT2D eigenvalue weighted by Gasteiger charge is -2.08. The second-order valence-electron chi connectivity index (χ2n) is 5.36. The summed E-state index contributed by atoms with van der Waals surface area (Å²) in [6, 6.07) is 3.50. The molecule has 0 aliphatic heterocycles. The van der Waals surface area contributed by atoms with Gasteiger partial charge in [0.05, 0.1) is 29.0 Å². The Labute approximate surface area is 135 Å². The molecule has 0 fully saturated rings. The van der Waals surface area contributed by atoms with Gasteiger partial charge in [0, 0.05) is 31.7 Å². The van der Waals surface area contributed by atoms with E-state index in [4.69, 9.17) is 0 Å². The summed E-state index contributed by atoms with van der Waals surface area (Å²) < 4.78 is 4.51. The first-order valence-corrected chi connectivity index (χ1v) is 7.22. The molecule has 9 heteroatoms. The van der Waals surface area contributed by atoms with Crippen molar-refractivity contribution >= 4 is 28.1 Å². The summed E-state index contributed by atoms with van der Waals surface area (Å²) in [4.78, 5) is 28.9. The van der Waals surface area contributed by atoms with E-state index in [0.717, 1.165) is 0 Å². The average Bonchev–Trinajstić information content (AvgIpc) is 3.18. The molecular formula is C15H13N7O2. The highest BCUT2D eigenvalue weighted by atomic mass is 16.2. The molecule has 0 saturated heterocycles. The first-order valence-electron chi connectivity index (χ1n) is 7.22. The summed E-state index contributed by atoms with van der Waals surface area (Å²) in [7, 11) is 1.76. The maximum absolute atomic E-state index is 12.6. The molecule has 0 aliphatic carbocycles. The monoisotopic (exact) mass is 323 g/mol. The molecule has 1 amide bonds. The number of carbonyl (C=O) groups is 1. The third kappa shape index (κ3) is 2.32. The number of aryl methyl sites for hydroxylation is 1. The number of amides is 1. The Hall–Kier alpha value is -3.49. The van der Waals surface area contributed by atoms with Crippen molar-refractivity contribution in [2.45, 2.75) is 6.54 Å². The summed E-state index contributed by atoms with van der Waals surface area (Å²) in [5.74, 6) is -0.308. The van der Waals surface area contributed by atoms with Gasteiger partial charge in [-0.1, -0.05) is 0 Å². The topological polar surface area (TPSA) is 99.1 Å². The van der Waals surface area contributed by atoms with Crippen molar-refractivity contribution in [3.05, 3.63) is 53.5 Å². The molecule has 0 spiro atoms. The van der Waals surface area contributed by atoms with Gasteiger partial charge in [-0.05, 0) is 6.07 Å². The van der Waals surface area contributed by atoms with Crippen molar-refractivity contribution in [3.63, 3.8) is 0 Å². The van der Waals surface area contributed by atoms with Gasteiger partial charge in [-0.2, -0.15) is 10.2 Å². The number of carbonyl (C=O) groups excluding carboxylic acids is 1. The number of anilines is 1. The van der Waals surface area contributed by atoms with Crippen molar-refractivity contribution in [1.82, 2.24) is 28.9 Å². The van der Waals surface area contributed by atoms with Gasteiger partial charge in [-0.3, -0.25) is 14.3 Å². The Bertz CT molecular complexity index is 1120. The van der Waals surface area contributed by atoms with Crippen LogP contribution in [0.1, 0.15) is 0 Å². The van der Waals surface area contributed by atoms with Crippen molar-refractivity contribution < 1.29 is 4.79 Å². The fourth-order valence-electron chi connectivity index (χ4n) is 2.56. The van der Waals surface area contributed by atoms with Gasteiger partial charge in [-0.25, -0.2) is 9.50 Å². The predicted octanol–water partition coefficient (Wildman–Crippen LogP) is 0.416. The lowest BCUT2D eigenvalue weighted by molar-refractivity contribution is -0.116. The summed E-state index contributed by atoms with van der Waals surface area (Å²) in [5.41, 5.74) is 1.60. The molecule has 9 nitrogen and oxygen atoms in total. The maximum Gasteiger partial charge on any atom is 0.262 e. The minimum atomic E-state index is -0.308. The molecule has 120 valence electrons. The van der Waals surface area contributed by atoms with Gasteiger partial charge in [0.15, 0.2) is 5.65 Å². The summed E-state index contributed by atoms with van der Waals surface area (Å²) in [6.07, 6.45) is 7.92. The molecule has 4 heterocycles. The number of nitrogens with zero attached hydrogens (tertiary/aromatic N) is 6. The van der Waals surface area contributed by atoms with Crippen LogP contribution in [0.2, 0.25) is 0 Å². The second-order valence-corrected chi connectivity index (χ2v) is 5.36. The van der Waals surface area contributed by atoms with Crippen LogP contribution in [-0.4, -0.2) is 34.9 Å². The third-order valence-corrected chi connectivity index (χ3v) is 3.66. The Morgan fingerprint density at radius 2 is 2.12 bits per heavy atom. The normalized spacial score (nSPS) is 11.2. The highest BCUT2D eigenvalue weighted by Gasteiger charge is 2.11. The molecule has 4 rings (SSSR count). The van der Waals surface area contributed by atoms with Gasteiger partial charge >= 0.3 is 0 Å². The quantitative estimate of drug-likeness (QED) is 0.589. The maximum atomic E-state index is 12.6. The van der Waals surface area contributed by atoms with Crippen molar-refractivity contribution in [2.75, 3.05) is 5.32 Å². The highest BCUT2D eigenvalue weighted by Crippen LogP contribution is 2.10. The molecule has 0 aromatic carbocycles. The fraction of sp³-hybridized carbons (Fsp3) is 0.133. The Balaban J connectivity index is 1.67. The lowest BCUT2D eigenvalue weighted by Crippen LogP contribution is -2.27. The molecule has 1 N–H and O–H groups in total. The van der Waals surface area contributed by atoms with E-state index in [9.17, 15) is 9.59 Å². The molecule has 0 bridgehead atoms. The third-order valence-electron chi connectivity index (χ3n) is 3.66. The lowest BCUT2D eigenvalue weighted by atomic mass is 10.3. The van der Waals surface area contributed by atoms with E-state index in [-0.39, 0.29) is 18.0 Å². The largest absolute Gasteiger partial charge is 0.322 e. The molecule has 4 aromatic rings. The van der Waals surface area contributed by atoms with Crippen molar-refractivity contribution in [3.8, 4) is 0 Å². The molecule has 0 aliphatic rings. The Morgan fingerprint density at radius 3 is 2.92 bits per heavy atom. The van der Waals surface area contributed by atoms with Crippen molar-refractivity contribution in [1.29, 1.82) is 0 Å². The van der Waals surface area contributed by atoms with E-state index in [1.54, 1.807) is 53.2 Å². The van der Waals surface area contributed by atoms with E-state index in [1.807, 2.05) is 0 Å². The van der Waals surface area contributed by atoms with Crippen LogP contribution in [-0.2, 0) is 18.4 Å². The van der Waals surface area contributed by atoms with Crippen molar-refractivity contribution in [2.24, 2.45) is 7.05 Å².